The average Bonchev–Trinajstić information content (AvgIpc) is 3.12. The number of ether oxygens (including phenoxy) is 1. The van der Waals surface area contributed by atoms with Crippen molar-refractivity contribution in [3.05, 3.63) is 85.1 Å². The van der Waals surface area contributed by atoms with Crippen molar-refractivity contribution in [3.8, 4) is 17.0 Å². The summed E-state index contributed by atoms with van der Waals surface area (Å²) in [6, 6.07) is 14.7. The molecule has 0 saturated heterocycles. The molecule has 0 bridgehead atoms. The summed E-state index contributed by atoms with van der Waals surface area (Å²) in [5.41, 5.74) is 2.62. The third-order valence-corrected chi connectivity index (χ3v) is 6.59. The van der Waals surface area contributed by atoms with Crippen LogP contribution < -0.4 is 11.2 Å². The predicted molar refractivity (Wildman–Crippen MR) is 121 cm³/mol. The summed E-state index contributed by atoms with van der Waals surface area (Å²) < 4.78 is 11.6. The van der Waals surface area contributed by atoms with E-state index in [4.69, 9.17) is 4.74 Å². The Hall–Kier alpha value is -3.10. The maximum absolute atomic E-state index is 13.4. The maximum Gasteiger partial charge on any atom is 0.331 e. The van der Waals surface area contributed by atoms with Gasteiger partial charge in [-0.25, -0.2) is 4.79 Å². The van der Waals surface area contributed by atoms with Gasteiger partial charge in [0.05, 0.1) is 28.9 Å². The highest BCUT2D eigenvalue weighted by molar-refractivity contribution is 9.10. The minimum atomic E-state index is -0.619. The third-order valence-electron chi connectivity index (χ3n) is 5.90. The molecule has 4 aromatic rings. The van der Waals surface area contributed by atoms with Gasteiger partial charge in [-0.15, -0.1) is 0 Å². The van der Waals surface area contributed by atoms with Crippen molar-refractivity contribution >= 4 is 26.8 Å². The smallest absolute Gasteiger partial charge is 0.331 e. The van der Waals surface area contributed by atoms with E-state index in [-0.39, 0.29) is 11.3 Å². The van der Waals surface area contributed by atoms with E-state index in [2.05, 4.69) is 15.9 Å². The molecule has 1 aliphatic heterocycles. The minimum absolute atomic E-state index is 0.103. The van der Waals surface area contributed by atoms with Crippen LogP contribution in [0.25, 0.3) is 22.2 Å². The Labute approximate surface area is 185 Å². The number of aromatic nitrogens is 3. The zero-order valence-electron chi connectivity index (χ0n) is 17.0. The van der Waals surface area contributed by atoms with Crippen LogP contribution >= 0.6 is 15.9 Å². The first-order chi connectivity index (χ1) is 14.9. The molecule has 8 heteroatoms. The Bertz CT molecular complexity index is 1460. The zero-order chi connectivity index (χ0) is 21.9. The molecule has 1 aliphatic rings. The van der Waals surface area contributed by atoms with Crippen LogP contribution in [0.4, 0.5) is 0 Å². The van der Waals surface area contributed by atoms with Crippen molar-refractivity contribution in [2.75, 3.05) is 6.61 Å². The van der Waals surface area contributed by atoms with Crippen LogP contribution in [0.1, 0.15) is 17.4 Å². The van der Waals surface area contributed by atoms with E-state index >= 15 is 0 Å². The number of nitrogens with zero attached hydrogens (tertiary/aromatic N) is 3. The lowest BCUT2D eigenvalue weighted by Crippen LogP contribution is -2.37. The van der Waals surface area contributed by atoms with Crippen molar-refractivity contribution in [1.29, 1.82) is 0 Å². The second kappa shape index (κ2) is 7.25. The van der Waals surface area contributed by atoms with Gasteiger partial charge in [-0.05, 0) is 12.1 Å². The number of rotatable bonds is 2. The lowest BCUT2D eigenvalue weighted by Gasteiger charge is -2.28. The number of para-hydroxylation sites is 1. The Morgan fingerprint density at radius 2 is 1.74 bits per heavy atom. The molecule has 0 radical (unpaired) electrons. The maximum atomic E-state index is 13.4. The summed E-state index contributed by atoms with van der Waals surface area (Å²) in [6.45, 7) is 0.917. The van der Waals surface area contributed by atoms with Gasteiger partial charge in [0.25, 0.3) is 5.56 Å². The van der Waals surface area contributed by atoms with Crippen molar-refractivity contribution < 1.29 is 9.84 Å². The van der Waals surface area contributed by atoms with Crippen molar-refractivity contribution in [2.24, 2.45) is 14.1 Å². The van der Waals surface area contributed by atoms with E-state index in [9.17, 15) is 14.7 Å². The lowest BCUT2D eigenvalue weighted by atomic mass is 10.0. The van der Waals surface area contributed by atoms with E-state index < -0.39 is 11.8 Å². The van der Waals surface area contributed by atoms with Gasteiger partial charge in [-0.2, -0.15) is 0 Å². The van der Waals surface area contributed by atoms with Crippen LogP contribution in [0, 0.1) is 0 Å². The van der Waals surface area contributed by atoms with Crippen molar-refractivity contribution in [3.63, 3.8) is 0 Å². The lowest BCUT2D eigenvalue weighted by molar-refractivity contribution is 0.0464. The van der Waals surface area contributed by atoms with E-state index in [1.807, 2.05) is 34.9 Å². The van der Waals surface area contributed by atoms with Gasteiger partial charge in [-0.1, -0.05) is 52.3 Å². The Morgan fingerprint density at radius 1 is 1.03 bits per heavy atom. The number of hydrogen-bond donors (Lipinski definition) is 1. The van der Waals surface area contributed by atoms with E-state index in [1.165, 1.54) is 11.6 Å². The summed E-state index contributed by atoms with van der Waals surface area (Å²) in [5, 5.41) is 11.0. The monoisotopic (exact) mass is 481 g/mol. The van der Waals surface area contributed by atoms with Crippen molar-refractivity contribution in [1.82, 2.24) is 13.7 Å². The van der Waals surface area contributed by atoms with Gasteiger partial charge in [0.15, 0.2) is 0 Å². The fourth-order valence-electron chi connectivity index (χ4n) is 4.46. The van der Waals surface area contributed by atoms with Crippen LogP contribution in [0.3, 0.4) is 0 Å². The molecule has 31 heavy (non-hydrogen) atoms. The second-order valence-electron chi connectivity index (χ2n) is 7.60. The zero-order valence-corrected chi connectivity index (χ0v) is 18.6. The Morgan fingerprint density at radius 3 is 2.48 bits per heavy atom. The molecule has 2 aromatic carbocycles. The summed E-state index contributed by atoms with van der Waals surface area (Å²) >= 11 is 3.62. The van der Waals surface area contributed by atoms with Crippen LogP contribution in [-0.4, -0.2) is 25.4 Å². The molecule has 2 aromatic heterocycles. The number of aryl methyl sites for hydroxylation is 1. The summed E-state index contributed by atoms with van der Waals surface area (Å²) in [4.78, 5) is 26.2. The predicted octanol–water partition coefficient (Wildman–Crippen LogP) is 3.29. The fourth-order valence-corrected chi connectivity index (χ4v) is 4.93. The highest BCUT2D eigenvalue weighted by atomic mass is 79.9. The molecule has 0 spiro atoms. The molecule has 7 nitrogen and oxygen atoms in total. The molecule has 0 saturated carbocycles. The van der Waals surface area contributed by atoms with Crippen LogP contribution in [0.2, 0.25) is 0 Å². The number of hydrogen-bond acceptors (Lipinski definition) is 4. The molecular formula is C23H20BrN3O4. The van der Waals surface area contributed by atoms with Crippen LogP contribution in [0.15, 0.2) is 62.6 Å². The molecule has 0 fully saturated rings. The normalized spacial score (nSPS) is 15.9. The quantitative estimate of drug-likeness (QED) is 0.476. The van der Waals surface area contributed by atoms with Gasteiger partial charge in [0, 0.05) is 36.2 Å². The van der Waals surface area contributed by atoms with E-state index in [0.29, 0.717) is 35.3 Å². The molecular weight excluding hydrogens is 462 g/mol. The molecule has 3 heterocycles. The second-order valence-corrected chi connectivity index (χ2v) is 8.46. The molecule has 5 rings (SSSR count). The summed E-state index contributed by atoms with van der Waals surface area (Å²) in [7, 11) is 3.15. The van der Waals surface area contributed by atoms with E-state index in [1.54, 1.807) is 25.2 Å². The first-order valence-corrected chi connectivity index (χ1v) is 10.7. The first kappa shape index (κ1) is 19.8. The number of benzene rings is 2. The fraction of sp³-hybridized carbons (Fsp3) is 0.217. The van der Waals surface area contributed by atoms with Crippen molar-refractivity contribution in [2.45, 2.75) is 12.6 Å². The molecule has 1 N–H and O–H groups in total. The summed E-state index contributed by atoms with van der Waals surface area (Å²) in [5.74, 6) is 0.103. The Kier molecular flexibility index (Phi) is 4.64. The van der Waals surface area contributed by atoms with Crippen LogP contribution in [0.5, 0.6) is 5.75 Å². The standard InChI is InChI=1S/C23H20BrN3O4/c1-25-19-17(22(29)26(2)23(25)30)18(13-7-3-5-9-15(13)24)27-11-12-31-21(20(19)27)14-8-4-6-10-16(14)28/h3-10,21,28H,11-12H2,1-2H3/t21-/m0/s1. The number of fused-ring (bicyclic) bond motifs is 3. The number of halogens is 1. The molecule has 0 aliphatic carbocycles. The molecule has 0 amide bonds. The minimum Gasteiger partial charge on any atom is -0.508 e. The molecule has 0 unspecified atom stereocenters. The third kappa shape index (κ3) is 2.82. The van der Waals surface area contributed by atoms with E-state index in [0.717, 1.165) is 20.3 Å². The number of aromatic hydroxyl groups is 1. The highest BCUT2D eigenvalue weighted by Gasteiger charge is 2.34. The highest BCUT2D eigenvalue weighted by Crippen LogP contribution is 2.43. The van der Waals surface area contributed by atoms with Crippen LogP contribution in [-0.2, 0) is 25.4 Å². The van der Waals surface area contributed by atoms with Gasteiger partial charge in [-0.3, -0.25) is 13.9 Å². The number of phenolic OH excluding ortho intramolecular Hbond substituents is 1. The first-order valence-electron chi connectivity index (χ1n) is 9.88. The molecule has 1 atom stereocenters. The van der Waals surface area contributed by atoms with Gasteiger partial charge >= 0.3 is 5.69 Å². The Balaban J connectivity index is 1.99. The SMILES string of the molecule is Cn1c(=O)c2c(-c3ccccc3Br)n3c(c2n(C)c1=O)[C@H](c1ccccc1O)OCC3. The van der Waals surface area contributed by atoms with Gasteiger partial charge < -0.3 is 14.4 Å². The number of phenols is 1. The topological polar surface area (TPSA) is 78.4 Å². The van der Waals surface area contributed by atoms with Gasteiger partial charge in [0.1, 0.15) is 11.9 Å². The van der Waals surface area contributed by atoms with Gasteiger partial charge in [0.2, 0.25) is 0 Å². The average molecular weight is 482 g/mol. The largest absolute Gasteiger partial charge is 0.508 e. The summed E-state index contributed by atoms with van der Waals surface area (Å²) in [6.07, 6.45) is -0.619. The molecule has 158 valence electrons.